The molecule has 2 fully saturated rings. The summed E-state index contributed by atoms with van der Waals surface area (Å²) >= 11 is 0. The Bertz CT molecular complexity index is 756. The Morgan fingerprint density at radius 3 is 2.52 bits per heavy atom. The number of benzene rings is 1. The number of carbonyl (C=O) groups excluding carboxylic acids is 1. The van der Waals surface area contributed by atoms with E-state index in [1.54, 1.807) is 4.90 Å². The molecule has 2 heterocycles. The minimum atomic E-state index is -3.68. The minimum absolute atomic E-state index is 0.0751. The number of sulfonamides is 1. The van der Waals surface area contributed by atoms with Gasteiger partial charge >= 0.3 is 6.03 Å². The van der Waals surface area contributed by atoms with Gasteiger partial charge in [0, 0.05) is 38.8 Å². The quantitative estimate of drug-likeness (QED) is 0.831. The van der Waals surface area contributed by atoms with E-state index < -0.39 is 15.8 Å². The maximum absolute atomic E-state index is 13.1. The predicted molar refractivity (Wildman–Crippen MR) is 100 cm³/mol. The molecule has 0 spiro atoms. The third-order valence-electron chi connectivity index (χ3n) is 5.35. The number of likely N-dealkylation sites (tertiary alicyclic amines) is 1. The number of halogens is 1. The average molecular weight is 399 g/mol. The second kappa shape index (κ2) is 8.53. The molecule has 9 heteroatoms. The molecule has 2 aliphatic rings. The summed E-state index contributed by atoms with van der Waals surface area (Å²) in [4.78, 5) is 16.5. The van der Waals surface area contributed by atoms with Crippen LogP contribution in [-0.4, -0.2) is 80.9 Å². The van der Waals surface area contributed by atoms with E-state index in [9.17, 15) is 17.6 Å². The van der Waals surface area contributed by atoms with Gasteiger partial charge in [0.2, 0.25) is 10.0 Å². The number of likely N-dealkylation sites (N-methyl/N-ethyl adjacent to an activating group) is 1. The van der Waals surface area contributed by atoms with Crippen LogP contribution in [0.5, 0.6) is 0 Å². The lowest BCUT2D eigenvalue weighted by Crippen LogP contribution is -2.46. The summed E-state index contributed by atoms with van der Waals surface area (Å²) in [6.45, 7) is 3.10. The Morgan fingerprint density at radius 1 is 1.11 bits per heavy atom. The molecule has 7 nitrogen and oxygen atoms in total. The third-order valence-corrected chi connectivity index (χ3v) is 7.27. The molecule has 2 aliphatic heterocycles. The van der Waals surface area contributed by atoms with Crippen molar-refractivity contribution in [3.63, 3.8) is 0 Å². The first-order valence-electron chi connectivity index (χ1n) is 9.36. The predicted octanol–water partition coefficient (Wildman–Crippen LogP) is 1.33. The number of nitrogens with zero attached hydrogens (tertiary/aromatic N) is 3. The highest BCUT2D eigenvalue weighted by Gasteiger charge is 2.29. The first kappa shape index (κ1) is 20.0. The van der Waals surface area contributed by atoms with Crippen molar-refractivity contribution >= 4 is 16.1 Å². The summed E-state index contributed by atoms with van der Waals surface area (Å²) in [6.07, 6.45) is 2.80. The molecular weight excluding hydrogens is 371 g/mol. The van der Waals surface area contributed by atoms with Crippen LogP contribution < -0.4 is 5.32 Å². The fourth-order valence-corrected chi connectivity index (χ4v) is 5.12. The summed E-state index contributed by atoms with van der Waals surface area (Å²) in [5.41, 5.74) is 0. The van der Waals surface area contributed by atoms with Crippen LogP contribution in [0.15, 0.2) is 29.2 Å². The molecule has 1 aromatic rings. The van der Waals surface area contributed by atoms with Crippen molar-refractivity contribution in [1.82, 2.24) is 19.4 Å². The number of carbonyl (C=O) groups is 1. The highest BCUT2D eigenvalue weighted by atomic mass is 32.2. The Hall–Kier alpha value is -1.71. The molecule has 0 aliphatic carbocycles. The van der Waals surface area contributed by atoms with Gasteiger partial charge in [0.15, 0.2) is 0 Å². The van der Waals surface area contributed by atoms with Gasteiger partial charge in [0.1, 0.15) is 5.82 Å². The summed E-state index contributed by atoms with van der Waals surface area (Å²) in [6, 6.07) is 5.07. The van der Waals surface area contributed by atoms with Crippen molar-refractivity contribution in [3.05, 3.63) is 30.1 Å². The maximum atomic E-state index is 13.1. The number of urea groups is 1. The molecule has 1 unspecified atom stereocenters. The fourth-order valence-electron chi connectivity index (χ4n) is 3.65. The van der Waals surface area contributed by atoms with Crippen molar-refractivity contribution in [2.45, 2.75) is 30.2 Å². The van der Waals surface area contributed by atoms with E-state index in [1.165, 1.54) is 16.4 Å². The highest BCUT2D eigenvalue weighted by molar-refractivity contribution is 7.89. The average Bonchev–Trinajstić information content (AvgIpc) is 2.90. The van der Waals surface area contributed by atoms with E-state index in [-0.39, 0.29) is 17.5 Å². The standard InChI is InChI=1S/C18H27FN4O3S/c1-21-9-2-4-16(21)14-20-18(24)22-10-3-11-23(13-12-22)27(25,26)17-7-5-15(19)6-8-17/h5-8,16H,2-4,9-14H2,1H3,(H,20,24). The van der Waals surface area contributed by atoms with Crippen molar-refractivity contribution in [3.8, 4) is 0 Å². The molecule has 27 heavy (non-hydrogen) atoms. The van der Waals surface area contributed by atoms with E-state index in [1.807, 2.05) is 0 Å². The zero-order chi connectivity index (χ0) is 19.4. The number of hydrogen-bond donors (Lipinski definition) is 1. The van der Waals surface area contributed by atoms with Gasteiger partial charge < -0.3 is 15.1 Å². The lowest BCUT2D eigenvalue weighted by Gasteiger charge is -2.24. The second-order valence-corrected chi connectivity index (χ2v) is 9.10. The van der Waals surface area contributed by atoms with Crippen LogP contribution in [0.3, 0.4) is 0 Å². The Labute approximate surface area is 160 Å². The van der Waals surface area contributed by atoms with Crippen LogP contribution in [0.25, 0.3) is 0 Å². The van der Waals surface area contributed by atoms with Crippen molar-refractivity contribution in [2.24, 2.45) is 0 Å². The van der Waals surface area contributed by atoms with Crippen molar-refractivity contribution < 1.29 is 17.6 Å². The van der Waals surface area contributed by atoms with Crippen molar-refractivity contribution in [1.29, 1.82) is 0 Å². The molecule has 0 saturated carbocycles. The Morgan fingerprint density at radius 2 is 1.85 bits per heavy atom. The molecule has 2 saturated heterocycles. The van der Waals surface area contributed by atoms with Crippen LogP contribution in [-0.2, 0) is 10.0 Å². The van der Waals surface area contributed by atoms with Crippen LogP contribution in [0.1, 0.15) is 19.3 Å². The van der Waals surface area contributed by atoms with Gasteiger partial charge in [0.05, 0.1) is 4.90 Å². The molecule has 1 aromatic carbocycles. The highest BCUT2D eigenvalue weighted by Crippen LogP contribution is 2.18. The zero-order valence-corrected chi connectivity index (χ0v) is 16.4. The minimum Gasteiger partial charge on any atom is -0.336 e. The van der Waals surface area contributed by atoms with Gasteiger partial charge in [0.25, 0.3) is 0 Å². The van der Waals surface area contributed by atoms with E-state index in [2.05, 4.69) is 17.3 Å². The molecular formula is C18H27FN4O3S. The monoisotopic (exact) mass is 398 g/mol. The lowest BCUT2D eigenvalue weighted by molar-refractivity contribution is 0.195. The van der Waals surface area contributed by atoms with Crippen molar-refractivity contribution in [2.75, 3.05) is 46.3 Å². The third kappa shape index (κ3) is 4.77. The van der Waals surface area contributed by atoms with Gasteiger partial charge in [-0.15, -0.1) is 0 Å². The SMILES string of the molecule is CN1CCCC1CNC(=O)N1CCCN(S(=O)(=O)c2ccc(F)cc2)CC1. The zero-order valence-electron chi connectivity index (χ0n) is 15.6. The van der Waals surface area contributed by atoms with E-state index in [4.69, 9.17) is 0 Å². The molecule has 2 amide bonds. The first-order chi connectivity index (χ1) is 12.9. The van der Waals surface area contributed by atoms with Crippen LogP contribution in [0.4, 0.5) is 9.18 Å². The molecule has 150 valence electrons. The summed E-state index contributed by atoms with van der Waals surface area (Å²) < 4.78 is 39.9. The summed E-state index contributed by atoms with van der Waals surface area (Å²) in [5.74, 6) is -0.472. The summed E-state index contributed by atoms with van der Waals surface area (Å²) in [7, 11) is -1.62. The topological polar surface area (TPSA) is 73.0 Å². The van der Waals surface area contributed by atoms with Gasteiger partial charge in [-0.2, -0.15) is 4.31 Å². The number of amides is 2. The van der Waals surface area contributed by atoms with Crippen LogP contribution in [0, 0.1) is 5.82 Å². The first-order valence-corrected chi connectivity index (χ1v) is 10.8. The van der Waals surface area contributed by atoms with Crippen LogP contribution >= 0.6 is 0 Å². The molecule has 3 rings (SSSR count). The van der Waals surface area contributed by atoms with E-state index in [0.717, 1.165) is 31.5 Å². The van der Waals surface area contributed by atoms with E-state index in [0.29, 0.717) is 38.6 Å². The number of rotatable bonds is 4. The molecule has 0 aromatic heterocycles. The smallest absolute Gasteiger partial charge is 0.317 e. The van der Waals surface area contributed by atoms with Gasteiger partial charge in [-0.3, -0.25) is 0 Å². The Kier molecular flexibility index (Phi) is 6.33. The fraction of sp³-hybridized carbons (Fsp3) is 0.611. The Balaban J connectivity index is 1.56. The lowest BCUT2D eigenvalue weighted by atomic mass is 10.2. The van der Waals surface area contributed by atoms with Gasteiger partial charge in [-0.25, -0.2) is 17.6 Å². The largest absolute Gasteiger partial charge is 0.336 e. The summed E-state index contributed by atoms with van der Waals surface area (Å²) in [5, 5.41) is 2.98. The molecule has 0 bridgehead atoms. The van der Waals surface area contributed by atoms with Crippen LogP contribution in [0.2, 0.25) is 0 Å². The number of hydrogen-bond acceptors (Lipinski definition) is 4. The molecule has 1 N–H and O–H groups in total. The maximum Gasteiger partial charge on any atom is 0.317 e. The number of nitrogens with one attached hydrogen (secondary N) is 1. The van der Waals surface area contributed by atoms with Gasteiger partial charge in [-0.05, 0) is 57.1 Å². The molecule has 1 atom stereocenters. The van der Waals surface area contributed by atoms with E-state index >= 15 is 0 Å². The second-order valence-electron chi connectivity index (χ2n) is 7.16. The molecule has 0 radical (unpaired) electrons. The van der Waals surface area contributed by atoms with Gasteiger partial charge in [-0.1, -0.05) is 0 Å². The normalized spacial score (nSPS) is 22.6.